The Bertz CT molecular complexity index is 501. The highest BCUT2D eigenvalue weighted by Gasteiger charge is 2.24. The van der Waals surface area contributed by atoms with Crippen LogP contribution in [0.1, 0.15) is 48.5 Å². The summed E-state index contributed by atoms with van der Waals surface area (Å²) in [7, 11) is 1.30. The number of benzene rings is 1. The summed E-state index contributed by atoms with van der Waals surface area (Å²) >= 11 is 0. The molecule has 21 heavy (non-hydrogen) atoms. The Hall–Kier alpha value is -1.75. The average molecular weight is 293 g/mol. The summed E-state index contributed by atoms with van der Waals surface area (Å²) in [4.78, 5) is 13.7. The van der Waals surface area contributed by atoms with Crippen molar-refractivity contribution in [3.8, 4) is 11.5 Å². The van der Waals surface area contributed by atoms with Crippen molar-refractivity contribution in [3.63, 3.8) is 0 Å². The van der Waals surface area contributed by atoms with E-state index in [2.05, 4.69) is 16.6 Å². The second kappa shape index (κ2) is 7.31. The van der Waals surface area contributed by atoms with E-state index >= 15 is 0 Å². The Morgan fingerprint density at radius 3 is 2.90 bits per heavy atom. The van der Waals surface area contributed by atoms with Gasteiger partial charge in [-0.05, 0) is 18.6 Å². The van der Waals surface area contributed by atoms with Crippen molar-refractivity contribution in [1.29, 1.82) is 0 Å². The predicted molar refractivity (Wildman–Crippen MR) is 79.5 cm³/mol. The summed E-state index contributed by atoms with van der Waals surface area (Å²) in [5.41, 5.74) is 0.854. The monoisotopic (exact) mass is 293 g/mol. The SMILES string of the molecule is CCCCCCN1COc2ccc(C(=O)OC)c(O)c2C1. The lowest BCUT2D eigenvalue weighted by atomic mass is 10.1. The number of esters is 1. The number of carbonyl (C=O) groups is 1. The summed E-state index contributed by atoms with van der Waals surface area (Å²) in [5.74, 6) is 0.0814. The molecule has 0 unspecified atom stereocenters. The molecule has 1 heterocycles. The maximum atomic E-state index is 11.6. The van der Waals surface area contributed by atoms with Crippen LogP contribution in [0.4, 0.5) is 0 Å². The van der Waals surface area contributed by atoms with Crippen LogP contribution in [0.5, 0.6) is 11.5 Å². The molecule has 0 saturated heterocycles. The molecule has 5 nitrogen and oxygen atoms in total. The van der Waals surface area contributed by atoms with Gasteiger partial charge in [0.15, 0.2) is 0 Å². The van der Waals surface area contributed by atoms with Crippen LogP contribution >= 0.6 is 0 Å². The third kappa shape index (κ3) is 3.67. The molecule has 0 bridgehead atoms. The number of nitrogens with zero attached hydrogens (tertiary/aromatic N) is 1. The smallest absolute Gasteiger partial charge is 0.341 e. The molecule has 1 aromatic carbocycles. The van der Waals surface area contributed by atoms with E-state index in [0.717, 1.165) is 13.0 Å². The number of phenolic OH excluding ortho intramolecular Hbond substituents is 1. The highest BCUT2D eigenvalue weighted by atomic mass is 16.5. The van der Waals surface area contributed by atoms with Gasteiger partial charge in [-0.25, -0.2) is 4.79 Å². The summed E-state index contributed by atoms with van der Waals surface area (Å²) in [5, 5.41) is 10.3. The molecule has 0 amide bonds. The maximum absolute atomic E-state index is 11.6. The normalized spacial score (nSPS) is 14.4. The van der Waals surface area contributed by atoms with E-state index in [0.29, 0.717) is 24.6 Å². The van der Waals surface area contributed by atoms with Gasteiger partial charge >= 0.3 is 5.97 Å². The highest BCUT2D eigenvalue weighted by Crippen LogP contribution is 2.35. The predicted octanol–water partition coefficient (Wildman–Crippen LogP) is 2.91. The van der Waals surface area contributed by atoms with Crippen LogP contribution in [-0.2, 0) is 11.3 Å². The summed E-state index contributed by atoms with van der Waals surface area (Å²) < 4.78 is 10.3. The quantitative estimate of drug-likeness (QED) is 0.645. The standard InChI is InChI=1S/C16H23NO4/c1-3-4-5-6-9-17-10-13-14(21-11-17)8-7-12(15(13)18)16(19)20-2/h7-8,18H,3-6,9-11H2,1-2H3. The highest BCUT2D eigenvalue weighted by molar-refractivity contribution is 5.93. The number of unbranched alkanes of at least 4 members (excludes halogenated alkanes) is 3. The van der Waals surface area contributed by atoms with Gasteiger partial charge in [0, 0.05) is 13.1 Å². The van der Waals surface area contributed by atoms with Crippen LogP contribution in [-0.4, -0.2) is 36.4 Å². The molecule has 0 aliphatic carbocycles. The summed E-state index contributed by atoms with van der Waals surface area (Å²) in [6.45, 7) is 4.24. The number of fused-ring (bicyclic) bond motifs is 1. The first-order valence-electron chi connectivity index (χ1n) is 7.45. The van der Waals surface area contributed by atoms with Gasteiger partial charge in [-0.2, -0.15) is 0 Å². The zero-order valence-corrected chi connectivity index (χ0v) is 12.7. The minimum absolute atomic E-state index is 0.0300. The third-order valence-corrected chi connectivity index (χ3v) is 3.76. The zero-order valence-electron chi connectivity index (χ0n) is 12.7. The van der Waals surface area contributed by atoms with E-state index in [1.807, 2.05) is 0 Å². The number of methoxy groups -OCH3 is 1. The lowest BCUT2D eigenvalue weighted by Gasteiger charge is -2.29. The van der Waals surface area contributed by atoms with Crippen LogP contribution in [0.2, 0.25) is 0 Å². The molecule has 5 heteroatoms. The molecule has 1 N–H and O–H groups in total. The third-order valence-electron chi connectivity index (χ3n) is 3.76. The number of aromatic hydroxyl groups is 1. The van der Waals surface area contributed by atoms with Gasteiger partial charge < -0.3 is 14.6 Å². The van der Waals surface area contributed by atoms with Crippen molar-refractivity contribution >= 4 is 5.97 Å². The topological polar surface area (TPSA) is 59.0 Å². The van der Waals surface area contributed by atoms with Crippen molar-refractivity contribution in [2.24, 2.45) is 0 Å². The van der Waals surface area contributed by atoms with E-state index in [4.69, 9.17) is 4.74 Å². The van der Waals surface area contributed by atoms with Crippen molar-refractivity contribution in [1.82, 2.24) is 4.90 Å². The lowest BCUT2D eigenvalue weighted by molar-refractivity contribution is 0.0594. The Morgan fingerprint density at radius 2 is 2.19 bits per heavy atom. The second-order valence-electron chi connectivity index (χ2n) is 5.32. The number of phenols is 1. The molecule has 0 atom stereocenters. The van der Waals surface area contributed by atoms with E-state index in [-0.39, 0.29) is 11.3 Å². The number of carbonyl (C=O) groups excluding carboxylic acids is 1. The molecule has 0 radical (unpaired) electrons. The number of rotatable bonds is 6. The summed E-state index contributed by atoms with van der Waals surface area (Å²) in [6.07, 6.45) is 4.77. The molecule has 0 aromatic heterocycles. The fraction of sp³-hybridized carbons (Fsp3) is 0.562. The lowest BCUT2D eigenvalue weighted by Crippen LogP contribution is -2.33. The van der Waals surface area contributed by atoms with E-state index in [9.17, 15) is 9.90 Å². The Labute approximate surface area is 125 Å². The molecule has 116 valence electrons. The molecule has 0 saturated carbocycles. The fourth-order valence-electron chi connectivity index (χ4n) is 2.52. The fourth-order valence-corrected chi connectivity index (χ4v) is 2.52. The van der Waals surface area contributed by atoms with Crippen LogP contribution in [0.3, 0.4) is 0 Å². The first kappa shape index (κ1) is 15.6. The second-order valence-corrected chi connectivity index (χ2v) is 5.32. The van der Waals surface area contributed by atoms with Crippen LogP contribution in [0.15, 0.2) is 12.1 Å². The van der Waals surface area contributed by atoms with Gasteiger partial charge in [0.05, 0.1) is 12.7 Å². The van der Waals surface area contributed by atoms with Gasteiger partial charge in [0.2, 0.25) is 0 Å². The molecular formula is C16H23NO4. The minimum atomic E-state index is -0.532. The van der Waals surface area contributed by atoms with Gasteiger partial charge in [-0.3, -0.25) is 4.90 Å². The molecule has 1 aliphatic rings. The first-order chi connectivity index (χ1) is 10.2. The summed E-state index contributed by atoms with van der Waals surface area (Å²) in [6, 6.07) is 3.26. The van der Waals surface area contributed by atoms with E-state index in [1.54, 1.807) is 6.07 Å². The molecule has 2 rings (SSSR count). The van der Waals surface area contributed by atoms with Gasteiger partial charge in [-0.1, -0.05) is 26.2 Å². The van der Waals surface area contributed by atoms with Crippen LogP contribution < -0.4 is 4.74 Å². The number of ether oxygens (including phenoxy) is 2. The van der Waals surface area contributed by atoms with Crippen molar-refractivity contribution in [2.45, 2.75) is 39.2 Å². The number of hydrogen-bond donors (Lipinski definition) is 1. The molecule has 0 fully saturated rings. The molecule has 0 spiro atoms. The number of hydrogen-bond acceptors (Lipinski definition) is 5. The van der Waals surface area contributed by atoms with Gasteiger partial charge in [-0.15, -0.1) is 0 Å². The molecule has 1 aromatic rings. The van der Waals surface area contributed by atoms with Crippen LogP contribution in [0.25, 0.3) is 0 Å². The Morgan fingerprint density at radius 1 is 1.38 bits per heavy atom. The zero-order chi connectivity index (χ0) is 15.2. The van der Waals surface area contributed by atoms with Crippen molar-refractivity contribution in [3.05, 3.63) is 23.3 Å². The maximum Gasteiger partial charge on any atom is 0.341 e. The Kier molecular flexibility index (Phi) is 5.44. The van der Waals surface area contributed by atoms with Crippen molar-refractivity contribution in [2.75, 3.05) is 20.4 Å². The first-order valence-corrected chi connectivity index (χ1v) is 7.45. The van der Waals surface area contributed by atoms with Crippen LogP contribution in [0, 0.1) is 0 Å². The van der Waals surface area contributed by atoms with Crippen molar-refractivity contribution < 1.29 is 19.4 Å². The minimum Gasteiger partial charge on any atom is -0.507 e. The molecule has 1 aliphatic heterocycles. The Balaban J connectivity index is 2.06. The molecular weight excluding hydrogens is 270 g/mol. The average Bonchev–Trinajstić information content (AvgIpc) is 2.51. The van der Waals surface area contributed by atoms with E-state index in [1.165, 1.54) is 32.4 Å². The van der Waals surface area contributed by atoms with Gasteiger partial charge in [0.25, 0.3) is 0 Å². The van der Waals surface area contributed by atoms with Gasteiger partial charge in [0.1, 0.15) is 23.8 Å². The largest absolute Gasteiger partial charge is 0.507 e. The van der Waals surface area contributed by atoms with E-state index < -0.39 is 5.97 Å².